The van der Waals surface area contributed by atoms with E-state index >= 15 is 0 Å². The highest BCUT2D eigenvalue weighted by Crippen LogP contribution is 2.41. The Kier molecular flexibility index (Phi) is 5.93. The van der Waals surface area contributed by atoms with Gasteiger partial charge in [0, 0.05) is 12.6 Å². The van der Waals surface area contributed by atoms with Gasteiger partial charge in [0.2, 0.25) is 0 Å². The molecule has 0 unspecified atom stereocenters. The van der Waals surface area contributed by atoms with E-state index in [1.54, 1.807) is 0 Å². The van der Waals surface area contributed by atoms with Crippen molar-refractivity contribution in [1.82, 2.24) is 0 Å². The smallest absolute Gasteiger partial charge is 0.279 e. The van der Waals surface area contributed by atoms with Crippen LogP contribution in [-0.2, 0) is 4.74 Å². The molecule has 19 heavy (non-hydrogen) atoms. The maximum atomic E-state index is 9.57. The molecule has 0 heterocycles. The van der Waals surface area contributed by atoms with E-state index in [1.165, 1.54) is 32.1 Å². The summed E-state index contributed by atoms with van der Waals surface area (Å²) in [6.45, 7) is 12.5. The third-order valence-corrected chi connectivity index (χ3v) is 4.11. The number of ether oxygens (including phenoxy) is 1. The van der Waals surface area contributed by atoms with Crippen LogP contribution in [0, 0.1) is 16.6 Å². The third kappa shape index (κ3) is 5.57. The molecule has 0 aromatic rings. The molecule has 1 fully saturated rings. The standard InChI is InChI=1S/C16H30BNO/c1-15(2,3)11-19-12-16(4,5)17(13-18)14-9-7-6-8-10-14/h14H,6-12H2,1-5H3. The quantitative estimate of drug-likeness (QED) is 0.672. The summed E-state index contributed by atoms with van der Waals surface area (Å²) in [7, 11) is 0. The Balaban J connectivity index is 2.54. The lowest BCUT2D eigenvalue weighted by molar-refractivity contribution is 0.0570. The van der Waals surface area contributed by atoms with Crippen LogP contribution in [0.4, 0.5) is 0 Å². The van der Waals surface area contributed by atoms with E-state index in [4.69, 9.17) is 4.74 Å². The lowest BCUT2D eigenvalue weighted by atomic mass is 9.28. The molecule has 1 aliphatic carbocycles. The molecule has 0 amide bonds. The van der Waals surface area contributed by atoms with Gasteiger partial charge in [-0.15, -0.1) is 0 Å². The first kappa shape index (κ1) is 16.6. The molecule has 0 N–H and O–H groups in total. The van der Waals surface area contributed by atoms with Gasteiger partial charge < -0.3 is 4.74 Å². The van der Waals surface area contributed by atoms with Crippen molar-refractivity contribution in [1.29, 1.82) is 5.26 Å². The summed E-state index contributed by atoms with van der Waals surface area (Å²) in [6, 6.07) is 0. The third-order valence-electron chi connectivity index (χ3n) is 4.11. The van der Waals surface area contributed by atoms with Crippen molar-refractivity contribution < 1.29 is 4.74 Å². The van der Waals surface area contributed by atoms with E-state index in [1.807, 2.05) is 0 Å². The predicted molar refractivity (Wildman–Crippen MR) is 82.5 cm³/mol. The van der Waals surface area contributed by atoms with E-state index in [0.29, 0.717) is 12.4 Å². The van der Waals surface area contributed by atoms with Crippen LogP contribution in [0.25, 0.3) is 0 Å². The highest BCUT2D eigenvalue weighted by atomic mass is 16.5. The van der Waals surface area contributed by atoms with E-state index in [0.717, 1.165) is 6.61 Å². The minimum atomic E-state index is -0.0397. The van der Waals surface area contributed by atoms with Gasteiger partial charge in [0.25, 0.3) is 6.71 Å². The van der Waals surface area contributed by atoms with Crippen molar-refractivity contribution in [3.8, 4) is 5.97 Å². The number of hydrogen-bond acceptors (Lipinski definition) is 2. The van der Waals surface area contributed by atoms with Crippen molar-refractivity contribution >= 4 is 6.71 Å². The monoisotopic (exact) mass is 263 g/mol. The van der Waals surface area contributed by atoms with Gasteiger partial charge in [-0.05, 0) is 16.5 Å². The Morgan fingerprint density at radius 2 is 1.63 bits per heavy atom. The summed E-state index contributed by atoms with van der Waals surface area (Å²) in [5.74, 6) is 3.16. The first-order chi connectivity index (χ1) is 8.76. The lowest BCUT2D eigenvalue weighted by Crippen LogP contribution is -2.37. The van der Waals surface area contributed by atoms with E-state index in [2.05, 4.69) is 40.6 Å². The maximum Gasteiger partial charge on any atom is 0.279 e. The molecule has 1 aliphatic rings. The molecular formula is C16H30BNO. The van der Waals surface area contributed by atoms with Crippen molar-refractivity contribution in [2.75, 3.05) is 13.2 Å². The van der Waals surface area contributed by atoms with Gasteiger partial charge in [0.15, 0.2) is 0 Å². The van der Waals surface area contributed by atoms with Crippen LogP contribution < -0.4 is 0 Å². The molecule has 0 saturated heterocycles. The Morgan fingerprint density at radius 3 is 2.11 bits per heavy atom. The van der Waals surface area contributed by atoms with Crippen LogP contribution in [0.1, 0.15) is 66.7 Å². The molecule has 0 bridgehead atoms. The summed E-state index contributed by atoms with van der Waals surface area (Å²) in [6.07, 6.45) is 6.38. The fourth-order valence-electron chi connectivity index (χ4n) is 3.10. The summed E-state index contributed by atoms with van der Waals surface area (Å²) >= 11 is 0. The van der Waals surface area contributed by atoms with Gasteiger partial charge in [-0.3, -0.25) is 0 Å². The van der Waals surface area contributed by atoms with Crippen LogP contribution in [0.2, 0.25) is 11.1 Å². The average molecular weight is 263 g/mol. The summed E-state index contributed by atoms with van der Waals surface area (Å²) in [5.41, 5.74) is 0.197. The van der Waals surface area contributed by atoms with Gasteiger partial charge >= 0.3 is 0 Å². The minimum Gasteiger partial charge on any atom is -0.381 e. The van der Waals surface area contributed by atoms with Crippen LogP contribution >= 0.6 is 0 Å². The van der Waals surface area contributed by atoms with E-state index < -0.39 is 0 Å². The van der Waals surface area contributed by atoms with E-state index in [9.17, 15) is 5.26 Å². The van der Waals surface area contributed by atoms with Crippen molar-refractivity contribution in [3.63, 3.8) is 0 Å². The highest BCUT2D eigenvalue weighted by molar-refractivity contribution is 6.71. The Morgan fingerprint density at radius 1 is 1.05 bits per heavy atom. The number of rotatable bonds is 5. The van der Waals surface area contributed by atoms with Crippen molar-refractivity contribution in [3.05, 3.63) is 0 Å². The fraction of sp³-hybridized carbons (Fsp3) is 0.938. The highest BCUT2D eigenvalue weighted by Gasteiger charge is 2.40. The van der Waals surface area contributed by atoms with Gasteiger partial charge in [0.1, 0.15) is 0 Å². The normalized spacial score (nSPS) is 18.1. The number of nitrogens with zero attached hydrogens (tertiary/aromatic N) is 1. The maximum absolute atomic E-state index is 9.57. The number of nitriles is 1. The fourth-order valence-corrected chi connectivity index (χ4v) is 3.10. The average Bonchev–Trinajstić information content (AvgIpc) is 2.28. The second kappa shape index (κ2) is 6.79. The first-order valence-corrected chi connectivity index (χ1v) is 7.74. The molecule has 1 rings (SSSR count). The minimum absolute atomic E-state index is 0.0397. The molecule has 0 aromatic carbocycles. The van der Waals surface area contributed by atoms with Crippen molar-refractivity contribution in [2.45, 2.75) is 77.9 Å². The van der Waals surface area contributed by atoms with Crippen LogP contribution in [0.5, 0.6) is 0 Å². The predicted octanol–water partition coefficient (Wildman–Crippen LogP) is 4.72. The van der Waals surface area contributed by atoms with E-state index in [-0.39, 0.29) is 17.4 Å². The summed E-state index contributed by atoms with van der Waals surface area (Å²) < 4.78 is 5.89. The topological polar surface area (TPSA) is 33.0 Å². The van der Waals surface area contributed by atoms with Crippen molar-refractivity contribution in [2.24, 2.45) is 5.41 Å². The molecular weight excluding hydrogens is 233 g/mol. The molecule has 0 aliphatic heterocycles. The lowest BCUT2D eigenvalue weighted by Gasteiger charge is -2.35. The van der Waals surface area contributed by atoms with Gasteiger partial charge in [-0.2, -0.15) is 0 Å². The number of hydrogen-bond donors (Lipinski definition) is 0. The van der Waals surface area contributed by atoms with Crippen LogP contribution in [-0.4, -0.2) is 19.9 Å². The summed E-state index contributed by atoms with van der Waals surface area (Å²) in [4.78, 5) is 0. The molecule has 0 spiro atoms. The SMILES string of the molecule is CC(C)(C)COCC(C)(C)B(C#N)C1CCCCC1. The zero-order valence-electron chi connectivity index (χ0n) is 13.5. The van der Waals surface area contributed by atoms with Crippen LogP contribution in [0.15, 0.2) is 0 Å². The Bertz CT molecular complexity index is 308. The zero-order chi connectivity index (χ0) is 14.5. The first-order valence-electron chi connectivity index (χ1n) is 7.74. The Labute approximate surface area is 120 Å². The second-order valence-electron chi connectivity index (χ2n) is 8.05. The summed E-state index contributed by atoms with van der Waals surface area (Å²) in [5, 5.41) is 9.53. The largest absolute Gasteiger partial charge is 0.381 e. The Hall–Kier alpha value is -0.485. The molecule has 0 radical (unpaired) electrons. The van der Waals surface area contributed by atoms with Gasteiger partial charge in [-0.1, -0.05) is 66.7 Å². The zero-order valence-corrected chi connectivity index (χ0v) is 13.5. The molecule has 1 saturated carbocycles. The second-order valence-corrected chi connectivity index (χ2v) is 8.05. The van der Waals surface area contributed by atoms with Gasteiger partial charge in [-0.25, -0.2) is 5.26 Å². The molecule has 108 valence electrons. The molecule has 2 nitrogen and oxygen atoms in total. The molecule has 0 aromatic heterocycles. The molecule has 0 atom stereocenters. The molecule has 3 heteroatoms. The van der Waals surface area contributed by atoms with Crippen LogP contribution in [0.3, 0.4) is 0 Å². The van der Waals surface area contributed by atoms with Gasteiger partial charge in [0.05, 0.1) is 6.61 Å².